The molecule has 0 fully saturated rings. The Hall–Kier alpha value is -1.55. The number of carbonyl (C=O) groups is 1. The molecule has 84 valence electrons. The molecule has 4 N–H and O–H groups in total. The number of hydrogen-bond donors (Lipinski definition) is 3. The van der Waals surface area contributed by atoms with Crippen LogP contribution in [-0.4, -0.2) is 22.2 Å². The average molecular weight is 211 g/mol. The molecule has 1 aromatic carbocycles. The molecule has 0 aromatic heterocycles. The lowest BCUT2D eigenvalue weighted by atomic mass is 10.1. The van der Waals surface area contributed by atoms with Crippen molar-refractivity contribution in [1.29, 1.82) is 0 Å². The van der Waals surface area contributed by atoms with Gasteiger partial charge in [-0.15, -0.1) is 0 Å². The Kier molecular flexibility index (Phi) is 6.13. The maximum atomic E-state index is 10.0. The molecule has 15 heavy (non-hydrogen) atoms. The average Bonchev–Trinajstić information content (AvgIpc) is 2.18. The highest BCUT2D eigenvalue weighted by atomic mass is 16.4. The van der Waals surface area contributed by atoms with Crippen LogP contribution in [0.4, 0.5) is 0 Å². The van der Waals surface area contributed by atoms with Gasteiger partial charge in [0.1, 0.15) is 11.8 Å². The Morgan fingerprint density at radius 3 is 1.87 bits per heavy atom. The number of carboxylic acid groups (broad SMARTS) is 1. The first-order valence-corrected chi connectivity index (χ1v) is 4.67. The molecule has 0 aliphatic rings. The van der Waals surface area contributed by atoms with Crippen LogP contribution in [0.1, 0.15) is 13.8 Å². The minimum atomic E-state index is -0.931. The SMILES string of the molecule is CC(C)[C@H](N)C(=O)O.Oc1ccccc1. The van der Waals surface area contributed by atoms with Crippen molar-refractivity contribution in [3.63, 3.8) is 0 Å². The third-order valence-electron chi connectivity index (χ3n) is 1.76. The van der Waals surface area contributed by atoms with E-state index < -0.39 is 12.0 Å². The van der Waals surface area contributed by atoms with Gasteiger partial charge in [0.2, 0.25) is 0 Å². The number of rotatable bonds is 2. The molecular formula is C11H17NO3. The molecule has 0 spiro atoms. The summed E-state index contributed by atoms with van der Waals surface area (Å²) in [5, 5.41) is 16.9. The van der Waals surface area contributed by atoms with Crippen LogP contribution in [0.15, 0.2) is 30.3 Å². The van der Waals surface area contributed by atoms with E-state index in [1.165, 1.54) is 0 Å². The Labute approximate surface area is 89.4 Å². The summed E-state index contributed by atoms with van der Waals surface area (Å²) in [6.45, 7) is 3.55. The second-order valence-electron chi connectivity index (χ2n) is 3.44. The lowest BCUT2D eigenvalue weighted by molar-refractivity contribution is -0.139. The number of nitrogens with two attached hydrogens (primary N) is 1. The van der Waals surface area contributed by atoms with Crippen LogP contribution in [-0.2, 0) is 4.79 Å². The topological polar surface area (TPSA) is 83.6 Å². The van der Waals surface area contributed by atoms with Crippen LogP contribution >= 0.6 is 0 Å². The number of carboxylic acids is 1. The molecule has 0 aliphatic carbocycles. The molecule has 0 aliphatic heterocycles. The Balaban J connectivity index is 0.000000262. The smallest absolute Gasteiger partial charge is 0.320 e. The van der Waals surface area contributed by atoms with Crippen molar-refractivity contribution in [2.24, 2.45) is 11.7 Å². The predicted molar refractivity (Wildman–Crippen MR) is 58.6 cm³/mol. The van der Waals surface area contributed by atoms with Crippen molar-refractivity contribution in [3.05, 3.63) is 30.3 Å². The summed E-state index contributed by atoms with van der Waals surface area (Å²) < 4.78 is 0. The van der Waals surface area contributed by atoms with Crippen LogP contribution < -0.4 is 5.73 Å². The Bertz CT molecular complexity index is 285. The van der Waals surface area contributed by atoms with E-state index in [1.54, 1.807) is 38.1 Å². The van der Waals surface area contributed by atoms with E-state index in [2.05, 4.69) is 0 Å². The van der Waals surface area contributed by atoms with E-state index >= 15 is 0 Å². The standard InChI is InChI=1S/C6H6O.C5H11NO2/c7-6-4-2-1-3-5-6;1-3(2)4(6)5(7)8/h1-5,7H;3-4H,6H2,1-2H3,(H,7,8)/t;4-/m.0/s1. The van der Waals surface area contributed by atoms with Gasteiger partial charge in [0.25, 0.3) is 0 Å². The first kappa shape index (κ1) is 13.4. The summed E-state index contributed by atoms with van der Waals surface area (Å²) >= 11 is 0. The predicted octanol–water partition coefficient (Wildman–Crippen LogP) is 1.45. The van der Waals surface area contributed by atoms with Gasteiger partial charge in [0.15, 0.2) is 0 Å². The number of benzene rings is 1. The fourth-order valence-electron chi connectivity index (χ4n) is 0.713. The van der Waals surface area contributed by atoms with E-state index in [9.17, 15) is 4.79 Å². The quantitative estimate of drug-likeness (QED) is 0.691. The zero-order valence-electron chi connectivity index (χ0n) is 8.92. The molecule has 1 aromatic rings. The maximum Gasteiger partial charge on any atom is 0.320 e. The molecule has 4 heteroatoms. The van der Waals surface area contributed by atoms with Gasteiger partial charge in [-0.3, -0.25) is 4.79 Å². The normalized spacial score (nSPS) is 11.5. The van der Waals surface area contributed by atoms with E-state index in [0.29, 0.717) is 5.75 Å². The number of phenolic OH excluding ortho intramolecular Hbond substituents is 1. The summed E-state index contributed by atoms with van der Waals surface area (Å²) in [6, 6.07) is 8.00. The van der Waals surface area contributed by atoms with Crippen LogP contribution in [0.2, 0.25) is 0 Å². The van der Waals surface area contributed by atoms with Crippen LogP contribution in [0, 0.1) is 5.92 Å². The van der Waals surface area contributed by atoms with Gasteiger partial charge in [-0.05, 0) is 18.1 Å². The Morgan fingerprint density at radius 1 is 1.27 bits per heavy atom. The number of aromatic hydroxyl groups is 1. The van der Waals surface area contributed by atoms with E-state index in [0.717, 1.165) is 0 Å². The highest BCUT2D eigenvalue weighted by Gasteiger charge is 2.14. The molecule has 0 bridgehead atoms. The number of aliphatic carboxylic acids is 1. The molecule has 0 amide bonds. The van der Waals surface area contributed by atoms with Gasteiger partial charge in [0, 0.05) is 0 Å². The lowest BCUT2D eigenvalue weighted by Crippen LogP contribution is -2.34. The summed E-state index contributed by atoms with van der Waals surface area (Å²) in [7, 11) is 0. The number of para-hydroxylation sites is 1. The molecule has 1 rings (SSSR count). The zero-order chi connectivity index (χ0) is 11.8. The minimum absolute atomic E-state index is 0.0208. The molecule has 0 saturated carbocycles. The molecular weight excluding hydrogens is 194 g/mol. The molecule has 0 radical (unpaired) electrons. The summed E-state index contributed by atoms with van der Waals surface area (Å²) in [4.78, 5) is 10.0. The highest BCUT2D eigenvalue weighted by molar-refractivity contribution is 5.73. The third kappa shape index (κ3) is 6.51. The van der Waals surface area contributed by atoms with Crippen molar-refractivity contribution in [1.82, 2.24) is 0 Å². The van der Waals surface area contributed by atoms with Crippen molar-refractivity contribution in [2.45, 2.75) is 19.9 Å². The monoisotopic (exact) mass is 211 g/mol. The first-order chi connectivity index (χ1) is 6.95. The van der Waals surface area contributed by atoms with Crippen molar-refractivity contribution >= 4 is 5.97 Å². The summed E-state index contributed by atoms with van der Waals surface area (Å²) in [6.07, 6.45) is 0. The first-order valence-electron chi connectivity index (χ1n) is 4.67. The van der Waals surface area contributed by atoms with Gasteiger partial charge in [0.05, 0.1) is 0 Å². The van der Waals surface area contributed by atoms with Gasteiger partial charge >= 0.3 is 5.97 Å². The largest absolute Gasteiger partial charge is 0.508 e. The van der Waals surface area contributed by atoms with Crippen molar-refractivity contribution < 1.29 is 15.0 Å². The summed E-state index contributed by atoms with van der Waals surface area (Å²) in [5.41, 5.74) is 5.16. The molecule has 1 atom stereocenters. The Morgan fingerprint density at radius 2 is 1.73 bits per heavy atom. The highest BCUT2D eigenvalue weighted by Crippen LogP contribution is 2.02. The van der Waals surface area contributed by atoms with E-state index in [4.69, 9.17) is 15.9 Å². The fourth-order valence-corrected chi connectivity index (χ4v) is 0.713. The van der Waals surface area contributed by atoms with Crippen LogP contribution in [0.25, 0.3) is 0 Å². The van der Waals surface area contributed by atoms with Gasteiger partial charge < -0.3 is 15.9 Å². The van der Waals surface area contributed by atoms with Gasteiger partial charge in [-0.2, -0.15) is 0 Å². The molecule has 4 nitrogen and oxygen atoms in total. The van der Waals surface area contributed by atoms with Crippen molar-refractivity contribution in [2.75, 3.05) is 0 Å². The lowest BCUT2D eigenvalue weighted by Gasteiger charge is -2.07. The number of hydrogen-bond acceptors (Lipinski definition) is 3. The number of phenols is 1. The molecule has 0 heterocycles. The zero-order valence-corrected chi connectivity index (χ0v) is 8.92. The molecule has 0 saturated heterocycles. The minimum Gasteiger partial charge on any atom is -0.508 e. The van der Waals surface area contributed by atoms with Crippen LogP contribution in [0.3, 0.4) is 0 Å². The second-order valence-corrected chi connectivity index (χ2v) is 3.44. The third-order valence-corrected chi connectivity index (χ3v) is 1.76. The van der Waals surface area contributed by atoms with E-state index in [-0.39, 0.29) is 5.92 Å². The second kappa shape index (κ2) is 6.84. The maximum absolute atomic E-state index is 10.0. The summed E-state index contributed by atoms with van der Waals surface area (Å²) in [5.74, 6) is -0.588. The van der Waals surface area contributed by atoms with Crippen molar-refractivity contribution in [3.8, 4) is 5.75 Å². The van der Waals surface area contributed by atoms with Gasteiger partial charge in [-0.25, -0.2) is 0 Å². The fraction of sp³-hybridized carbons (Fsp3) is 0.364. The molecule has 0 unspecified atom stereocenters. The van der Waals surface area contributed by atoms with E-state index in [1.807, 2.05) is 6.07 Å². The van der Waals surface area contributed by atoms with Crippen LogP contribution in [0.5, 0.6) is 5.75 Å². The van der Waals surface area contributed by atoms with Gasteiger partial charge in [-0.1, -0.05) is 32.0 Å².